The molecule has 158 valence electrons. The average Bonchev–Trinajstić information content (AvgIpc) is 3.16. The number of hydrogen-bond acceptors (Lipinski definition) is 4. The maximum atomic E-state index is 14.1. The molecule has 0 aliphatic carbocycles. The Kier molecular flexibility index (Phi) is 5.29. The summed E-state index contributed by atoms with van der Waals surface area (Å²) in [5.74, 6) is -2.66. The Morgan fingerprint density at radius 1 is 1.20 bits per heavy atom. The van der Waals surface area contributed by atoms with Crippen molar-refractivity contribution in [1.29, 1.82) is 0 Å². The first kappa shape index (κ1) is 21.3. The first-order valence-electron chi connectivity index (χ1n) is 8.17. The summed E-state index contributed by atoms with van der Waals surface area (Å²) in [4.78, 5) is 10.4. The topological polar surface area (TPSA) is 101 Å². The predicted octanol–water partition coefficient (Wildman–Crippen LogP) is 3.84. The third-order valence-electron chi connectivity index (χ3n) is 4.15. The zero-order valence-corrected chi connectivity index (χ0v) is 15.9. The molecule has 7 nitrogen and oxygen atoms in total. The molecule has 0 fully saturated rings. The average molecular weight is 443 g/mol. The van der Waals surface area contributed by atoms with Crippen LogP contribution >= 0.6 is 0 Å². The smallest absolute Gasteiger partial charge is 0.416 e. The van der Waals surface area contributed by atoms with Crippen LogP contribution in [0.25, 0.3) is 5.69 Å². The van der Waals surface area contributed by atoms with Gasteiger partial charge in [0, 0.05) is 18.0 Å². The number of carboxylic acids is 1. The van der Waals surface area contributed by atoms with Crippen molar-refractivity contribution in [3.63, 3.8) is 0 Å². The molecule has 0 saturated heterocycles. The molecule has 0 spiro atoms. The zero-order chi connectivity index (χ0) is 22.3. The van der Waals surface area contributed by atoms with Crippen molar-refractivity contribution in [3.8, 4) is 5.69 Å². The van der Waals surface area contributed by atoms with Crippen LogP contribution in [0, 0.1) is 12.7 Å². The van der Waals surface area contributed by atoms with E-state index in [1.165, 1.54) is 18.5 Å². The van der Waals surface area contributed by atoms with E-state index in [9.17, 15) is 30.8 Å². The van der Waals surface area contributed by atoms with Crippen molar-refractivity contribution in [3.05, 3.63) is 71.3 Å². The van der Waals surface area contributed by atoms with E-state index < -0.39 is 49.7 Å². The van der Waals surface area contributed by atoms with E-state index >= 15 is 0 Å². The van der Waals surface area contributed by atoms with Gasteiger partial charge in [0.05, 0.1) is 27.4 Å². The fourth-order valence-corrected chi connectivity index (χ4v) is 4.01. The van der Waals surface area contributed by atoms with Crippen molar-refractivity contribution in [1.82, 2.24) is 9.78 Å². The number of aromatic nitrogens is 2. The molecule has 12 heteroatoms. The van der Waals surface area contributed by atoms with E-state index in [0.29, 0.717) is 12.1 Å². The fourth-order valence-electron chi connectivity index (χ4n) is 2.66. The highest BCUT2D eigenvalue weighted by Crippen LogP contribution is 2.34. The number of carbonyl (C=O) groups is 1. The predicted molar refractivity (Wildman–Crippen MR) is 97.5 cm³/mol. The van der Waals surface area contributed by atoms with Gasteiger partial charge in [0.1, 0.15) is 5.82 Å². The zero-order valence-electron chi connectivity index (χ0n) is 15.1. The highest BCUT2D eigenvalue weighted by Gasteiger charge is 2.32. The Morgan fingerprint density at radius 3 is 2.47 bits per heavy atom. The summed E-state index contributed by atoms with van der Waals surface area (Å²) >= 11 is 0. The minimum Gasteiger partial charge on any atom is -0.478 e. The van der Waals surface area contributed by atoms with E-state index in [1.807, 2.05) is 4.72 Å². The van der Waals surface area contributed by atoms with Crippen LogP contribution in [-0.4, -0.2) is 29.3 Å². The summed E-state index contributed by atoms with van der Waals surface area (Å²) < 4.78 is 82.3. The standard InChI is InChI=1S/C18H13F4N3O4S/c1-10-13(19)7-11(17(26)27)8-16(10)30(28,29)24-14-9-12(18(20,21)22)3-4-15(14)25-6-2-5-23-25/h2-9,24H,1H3,(H,26,27). The third-order valence-corrected chi connectivity index (χ3v) is 5.64. The summed E-state index contributed by atoms with van der Waals surface area (Å²) in [7, 11) is -4.66. The monoisotopic (exact) mass is 443 g/mol. The van der Waals surface area contributed by atoms with Crippen molar-refractivity contribution in [2.24, 2.45) is 0 Å². The minimum absolute atomic E-state index is 0.0240. The molecule has 1 aromatic heterocycles. The number of halogens is 4. The minimum atomic E-state index is -4.76. The number of anilines is 1. The van der Waals surface area contributed by atoms with Gasteiger partial charge in [-0.05, 0) is 43.3 Å². The molecule has 30 heavy (non-hydrogen) atoms. The van der Waals surface area contributed by atoms with Crippen LogP contribution in [0.1, 0.15) is 21.5 Å². The number of nitrogens with one attached hydrogen (secondary N) is 1. The van der Waals surface area contributed by atoms with Crippen LogP contribution in [-0.2, 0) is 16.2 Å². The molecule has 2 N–H and O–H groups in total. The molecule has 1 heterocycles. The molecule has 0 radical (unpaired) electrons. The molecular formula is C18H13F4N3O4S. The Bertz CT molecular complexity index is 1220. The first-order chi connectivity index (χ1) is 13.9. The van der Waals surface area contributed by atoms with E-state index in [1.54, 1.807) is 0 Å². The highest BCUT2D eigenvalue weighted by molar-refractivity contribution is 7.92. The number of nitrogens with zero attached hydrogens (tertiary/aromatic N) is 2. The van der Waals surface area contributed by atoms with Crippen molar-refractivity contribution in [2.45, 2.75) is 18.0 Å². The van der Waals surface area contributed by atoms with Crippen LogP contribution in [0.4, 0.5) is 23.2 Å². The van der Waals surface area contributed by atoms with Crippen LogP contribution in [0.3, 0.4) is 0 Å². The van der Waals surface area contributed by atoms with Crippen molar-refractivity contribution in [2.75, 3.05) is 4.72 Å². The van der Waals surface area contributed by atoms with E-state index in [4.69, 9.17) is 5.11 Å². The molecule has 2 aromatic carbocycles. The number of benzene rings is 2. The lowest BCUT2D eigenvalue weighted by molar-refractivity contribution is -0.137. The molecular weight excluding hydrogens is 430 g/mol. The summed E-state index contributed by atoms with van der Waals surface area (Å²) in [6.45, 7) is 1.11. The van der Waals surface area contributed by atoms with E-state index in [-0.39, 0.29) is 11.3 Å². The Labute approximate surface area is 167 Å². The van der Waals surface area contributed by atoms with Gasteiger partial charge in [-0.25, -0.2) is 22.3 Å². The second kappa shape index (κ2) is 7.44. The van der Waals surface area contributed by atoms with Crippen molar-refractivity contribution < 1.29 is 35.9 Å². The van der Waals surface area contributed by atoms with Gasteiger partial charge in [0.25, 0.3) is 10.0 Å². The first-order valence-corrected chi connectivity index (χ1v) is 9.66. The second-order valence-electron chi connectivity index (χ2n) is 6.17. The maximum absolute atomic E-state index is 14.1. The molecule has 0 aliphatic heterocycles. The third kappa shape index (κ3) is 4.13. The van der Waals surface area contributed by atoms with Gasteiger partial charge in [0.2, 0.25) is 0 Å². The van der Waals surface area contributed by atoms with Gasteiger partial charge in [-0.1, -0.05) is 0 Å². The normalized spacial score (nSPS) is 12.0. The quantitative estimate of drug-likeness (QED) is 0.584. The van der Waals surface area contributed by atoms with Gasteiger partial charge in [-0.2, -0.15) is 18.3 Å². The molecule has 3 aromatic rings. The van der Waals surface area contributed by atoms with Crippen molar-refractivity contribution >= 4 is 21.7 Å². The number of rotatable bonds is 5. The largest absolute Gasteiger partial charge is 0.478 e. The number of sulfonamides is 1. The second-order valence-corrected chi connectivity index (χ2v) is 7.82. The maximum Gasteiger partial charge on any atom is 0.416 e. The summed E-state index contributed by atoms with van der Waals surface area (Å²) in [5, 5.41) is 12.9. The Hall–Kier alpha value is -3.41. The molecule has 0 unspecified atom stereocenters. The molecule has 0 saturated carbocycles. The Balaban J connectivity index is 2.16. The van der Waals surface area contributed by atoms with Crippen LogP contribution in [0.15, 0.2) is 53.7 Å². The summed E-state index contributed by atoms with van der Waals surface area (Å²) in [6, 6.07) is 5.20. The molecule has 0 bridgehead atoms. The van der Waals surface area contributed by atoms with Crippen LogP contribution in [0.5, 0.6) is 0 Å². The van der Waals surface area contributed by atoms with Gasteiger partial charge in [-0.3, -0.25) is 4.72 Å². The van der Waals surface area contributed by atoms with Gasteiger partial charge in [0.15, 0.2) is 0 Å². The number of carboxylic acid groups (broad SMARTS) is 1. The van der Waals surface area contributed by atoms with Crippen LogP contribution < -0.4 is 4.72 Å². The summed E-state index contributed by atoms with van der Waals surface area (Å²) in [5.41, 5.74) is -2.65. The summed E-state index contributed by atoms with van der Waals surface area (Å²) in [6.07, 6.45) is -2.03. The molecule has 3 rings (SSSR count). The lowest BCUT2D eigenvalue weighted by Gasteiger charge is -2.17. The lowest BCUT2D eigenvalue weighted by Crippen LogP contribution is -2.18. The lowest BCUT2D eigenvalue weighted by atomic mass is 10.1. The molecule has 0 atom stereocenters. The van der Waals surface area contributed by atoms with E-state index in [2.05, 4.69) is 5.10 Å². The highest BCUT2D eigenvalue weighted by atomic mass is 32.2. The van der Waals surface area contributed by atoms with Gasteiger partial charge in [-0.15, -0.1) is 0 Å². The number of aromatic carboxylic acids is 1. The fraction of sp³-hybridized carbons (Fsp3) is 0.111. The van der Waals surface area contributed by atoms with Gasteiger partial charge >= 0.3 is 12.1 Å². The molecule has 0 amide bonds. The number of hydrogen-bond donors (Lipinski definition) is 2. The molecule has 0 aliphatic rings. The number of alkyl halides is 3. The SMILES string of the molecule is Cc1c(F)cc(C(=O)O)cc1S(=O)(=O)Nc1cc(C(F)(F)F)ccc1-n1cccn1. The Morgan fingerprint density at radius 2 is 1.90 bits per heavy atom. The van der Waals surface area contributed by atoms with Gasteiger partial charge < -0.3 is 5.11 Å². The van der Waals surface area contributed by atoms with Crippen LogP contribution in [0.2, 0.25) is 0 Å². The van der Waals surface area contributed by atoms with E-state index in [0.717, 1.165) is 29.8 Å².